The molecule has 0 aromatic heterocycles. The summed E-state index contributed by atoms with van der Waals surface area (Å²) in [5.74, 6) is 0.0429. The van der Waals surface area contributed by atoms with Gasteiger partial charge in [0.2, 0.25) is 0 Å². The van der Waals surface area contributed by atoms with Crippen LogP contribution in [0.2, 0.25) is 0 Å². The van der Waals surface area contributed by atoms with Gasteiger partial charge in [0.05, 0.1) is 12.5 Å². The Morgan fingerprint density at radius 1 is 1.37 bits per heavy atom. The standard InChI is InChI=1S/C17H22O2/c1-6-12-11-17(12,15(18)19-5)14-9-7-13(8-10-14)16(2,3)4/h6-10,12H,1,11H2,2-5H3/t12-,17+/m1/s1. The predicted octanol–water partition coefficient (Wildman–Crippen LogP) is 3.60. The third-order valence-electron chi connectivity index (χ3n) is 4.11. The topological polar surface area (TPSA) is 26.3 Å². The van der Waals surface area contributed by atoms with Gasteiger partial charge in [-0.3, -0.25) is 4.79 Å². The summed E-state index contributed by atoms with van der Waals surface area (Å²) in [7, 11) is 1.45. The molecule has 2 atom stereocenters. The van der Waals surface area contributed by atoms with Gasteiger partial charge in [0.15, 0.2) is 0 Å². The fourth-order valence-electron chi connectivity index (χ4n) is 2.71. The summed E-state index contributed by atoms with van der Waals surface area (Å²) in [6.07, 6.45) is 2.66. The van der Waals surface area contributed by atoms with Crippen LogP contribution in [0.4, 0.5) is 0 Å². The number of hydrogen-bond acceptors (Lipinski definition) is 2. The zero-order valence-electron chi connectivity index (χ0n) is 12.2. The maximum Gasteiger partial charge on any atom is 0.316 e. The van der Waals surface area contributed by atoms with Crippen LogP contribution in [0.3, 0.4) is 0 Å². The van der Waals surface area contributed by atoms with Crippen molar-refractivity contribution in [2.24, 2.45) is 5.92 Å². The van der Waals surface area contributed by atoms with Gasteiger partial charge in [-0.1, -0.05) is 51.1 Å². The van der Waals surface area contributed by atoms with Gasteiger partial charge in [0, 0.05) is 0 Å². The molecular weight excluding hydrogens is 236 g/mol. The van der Waals surface area contributed by atoms with Crippen molar-refractivity contribution in [3.63, 3.8) is 0 Å². The molecule has 2 heteroatoms. The average molecular weight is 258 g/mol. The molecule has 102 valence electrons. The molecule has 0 spiro atoms. The number of methoxy groups -OCH3 is 1. The molecule has 1 fully saturated rings. The van der Waals surface area contributed by atoms with Crippen LogP contribution < -0.4 is 0 Å². The van der Waals surface area contributed by atoms with Crippen molar-refractivity contribution in [2.75, 3.05) is 7.11 Å². The van der Waals surface area contributed by atoms with Gasteiger partial charge in [-0.2, -0.15) is 0 Å². The third kappa shape index (κ3) is 2.20. The summed E-state index contributed by atoms with van der Waals surface area (Å²) in [5.41, 5.74) is 1.94. The predicted molar refractivity (Wildman–Crippen MR) is 77.1 cm³/mol. The number of allylic oxidation sites excluding steroid dienone is 1. The van der Waals surface area contributed by atoms with E-state index in [2.05, 4.69) is 51.6 Å². The molecule has 2 nitrogen and oxygen atoms in total. The lowest BCUT2D eigenvalue weighted by Gasteiger charge is -2.21. The molecule has 0 heterocycles. The van der Waals surface area contributed by atoms with Crippen LogP contribution in [0.25, 0.3) is 0 Å². The van der Waals surface area contributed by atoms with E-state index < -0.39 is 5.41 Å². The second-order valence-corrected chi connectivity index (χ2v) is 6.34. The lowest BCUT2D eigenvalue weighted by Crippen LogP contribution is -2.24. The normalized spacial score (nSPS) is 25.8. The molecule has 19 heavy (non-hydrogen) atoms. The van der Waals surface area contributed by atoms with E-state index in [1.54, 1.807) is 0 Å². The molecule has 1 saturated carbocycles. The van der Waals surface area contributed by atoms with Gasteiger partial charge in [-0.15, -0.1) is 6.58 Å². The quantitative estimate of drug-likeness (QED) is 0.611. The molecular formula is C17H22O2. The minimum atomic E-state index is -0.493. The largest absolute Gasteiger partial charge is 0.468 e. The van der Waals surface area contributed by atoms with E-state index in [0.29, 0.717) is 0 Å². The van der Waals surface area contributed by atoms with E-state index in [-0.39, 0.29) is 17.3 Å². The van der Waals surface area contributed by atoms with E-state index in [9.17, 15) is 4.79 Å². The fraction of sp³-hybridized carbons (Fsp3) is 0.471. The summed E-state index contributed by atoms with van der Waals surface area (Å²) in [6, 6.07) is 8.33. The molecule has 0 amide bonds. The highest BCUT2D eigenvalue weighted by Crippen LogP contribution is 2.55. The molecule has 0 saturated heterocycles. The molecule has 0 bridgehead atoms. The highest BCUT2D eigenvalue weighted by atomic mass is 16.5. The van der Waals surface area contributed by atoms with E-state index >= 15 is 0 Å². The summed E-state index contributed by atoms with van der Waals surface area (Å²) >= 11 is 0. The summed E-state index contributed by atoms with van der Waals surface area (Å²) in [5, 5.41) is 0. The smallest absolute Gasteiger partial charge is 0.316 e. The van der Waals surface area contributed by atoms with Gasteiger partial charge >= 0.3 is 5.97 Å². The minimum Gasteiger partial charge on any atom is -0.468 e. The van der Waals surface area contributed by atoms with Crippen LogP contribution in [0.1, 0.15) is 38.3 Å². The van der Waals surface area contributed by atoms with E-state index in [0.717, 1.165) is 12.0 Å². The van der Waals surface area contributed by atoms with Gasteiger partial charge < -0.3 is 4.74 Å². The summed E-state index contributed by atoms with van der Waals surface area (Å²) in [6.45, 7) is 10.4. The number of ether oxygens (including phenoxy) is 1. The molecule has 2 rings (SSSR count). The Morgan fingerprint density at radius 2 is 1.95 bits per heavy atom. The van der Waals surface area contributed by atoms with Crippen LogP contribution in [0.5, 0.6) is 0 Å². The Balaban J connectivity index is 2.36. The van der Waals surface area contributed by atoms with Crippen LogP contribution in [-0.2, 0) is 20.4 Å². The lowest BCUT2D eigenvalue weighted by molar-refractivity contribution is -0.144. The van der Waals surface area contributed by atoms with Crippen LogP contribution in [0, 0.1) is 5.92 Å². The first-order valence-corrected chi connectivity index (χ1v) is 6.68. The van der Waals surface area contributed by atoms with E-state index in [1.807, 2.05) is 6.08 Å². The monoisotopic (exact) mass is 258 g/mol. The summed E-state index contributed by atoms with van der Waals surface area (Å²) < 4.78 is 4.97. The van der Waals surface area contributed by atoms with E-state index in [4.69, 9.17) is 4.74 Å². The Labute approximate surface area is 115 Å². The van der Waals surface area contributed by atoms with Gasteiger partial charge in [-0.05, 0) is 28.9 Å². The first kappa shape index (κ1) is 13.9. The zero-order chi connectivity index (χ0) is 14.3. The van der Waals surface area contributed by atoms with Gasteiger partial charge in [0.25, 0.3) is 0 Å². The van der Waals surface area contributed by atoms with Crippen molar-refractivity contribution in [1.82, 2.24) is 0 Å². The molecule has 0 unspecified atom stereocenters. The fourth-order valence-corrected chi connectivity index (χ4v) is 2.71. The van der Waals surface area contributed by atoms with Gasteiger partial charge in [-0.25, -0.2) is 0 Å². The average Bonchev–Trinajstić information content (AvgIpc) is 3.12. The number of benzene rings is 1. The molecule has 0 N–H and O–H groups in total. The Kier molecular flexibility index (Phi) is 3.29. The third-order valence-corrected chi connectivity index (χ3v) is 4.11. The molecule has 1 aliphatic rings. The molecule has 1 aromatic rings. The van der Waals surface area contributed by atoms with Crippen molar-refractivity contribution in [1.29, 1.82) is 0 Å². The van der Waals surface area contributed by atoms with Crippen molar-refractivity contribution < 1.29 is 9.53 Å². The number of carbonyl (C=O) groups is 1. The number of rotatable bonds is 3. The maximum absolute atomic E-state index is 12.1. The van der Waals surface area contributed by atoms with Crippen molar-refractivity contribution in [3.05, 3.63) is 48.0 Å². The number of esters is 1. The first-order valence-electron chi connectivity index (χ1n) is 6.68. The Morgan fingerprint density at radius 3 is 2.32 bits per heavy atom. The lowest BCUT2D eigenvalue weighted by atomic mass is 9.84. The maximum atomic E-state index is 12.1. The van der Waals surface area contributed by atoms with Crippen molar-refractivity contribution in [3.8, 4) is 0 Å². The molecule has 0 radical (unpaired) electrons. The summed E-state index contributed by atoms with van der Waals surface area (Å²) in [4.78, 5) is 12.1. The SMILES string of the molecule is C=C[C@@H]1C[C@@]1(C(=O)OC)c1ccc(C(C)(C)C)cc1. The molecule has 1 aromatic carbocycles. The van der Waals surface area contributed by atoms with Crippen molar-refractivity contribution >= 4 is 5.97 Å². The second-order valence-electron chi connectivity index (χ2n) is 6.34. The van der Waals surface area contributed by atoms with Crippen LogP contribution >= 0.6 is 0 Å². The molecule has 1 aliphatic carbocycles. The number of hydrogen-bond donors (Lipinski definition) is 0. The van der Waals surface area contributed by atoms with Crippen LogP contribution in [0.15, 0.2) is 36.9 Å². The van der Waals surface area contributed by atoms with Crippen LogP contribution in [-0.4, -0.2) is 13.1 Å². The molecule has 0 aliphatic heterocycles. The highest BCUT2D eigenvalue weighted by Gasteiger charge is 2.60. The van der Waals surface area contributed by atoms with Gasteiger partial charge in [0.1, 0.15) is 0 Å². The van der Waals surface area contributed by atoms with E-state index in [1.165, 1.54) is 12.7 Å². The highest BCUT2D eigenvalue weighted by molar-refractivity contribution is 5.88. The zero-order valence-corrected chi connectivity index (χ0v) is 12.2. The van der Waals surface area contributed by atoms with Crippen molar-refractivity contribution in [2.45, 2.75) is 38.0 Å². The Hall–Kier alpha value is -1.57. The first-order chi connectivity index (χ1) is 8.86. The second kappa shape index (κ2) is 4.52. The number of carbonyl (C=O) groups excluding carboxylic acids is 1. The Bertz CT molecular complexity index is 493. The minimum absolute atomic E-state index is 0.123.